The molecule has 0 aliphatic heterocycles. The van der Waals surface area contributed by atoms with Gasteiger partial charge in [-0.2, -0.15) is 0 Å². The number of methoxy groups -OCH3 is 1. The highest BCUT2D eigenvalue weighted by Crippen LogP contribution is 2.31. The van der Waals surface area contributed by atoms with Crippen LogP contribution >= 0.6 is 27.3 Å². The molecule has 0 saturated heterocycles. The molecule has 0 bridgehead atoms. The molecule has 2 heterocycles. The standard InChI is InChI=1S/C10H8BrNO2S/c1-14-10(13)9-6(5-11)8-7(15-9)3-2-4-12-8/h2-4H,5H2,1H3. The van der Waals surface area contributed by atoms with Crippen molar-refractivity contribution in [1.29, 1.82) is 0 Å². The zero-order valence-electron chi connectivity index (χ0n) is 7.99. The Balaban J connectivity index is 2.69. The van der Waals surface area contributed by atoms with E-state index in [-0.39, 0.29) is 5.97 Å². The number of pyridine rings is 1. The first-order chi connectivity index (χ1) is 7.27. The number of nitrogens with zero attached hydrogens (tertiary/aromatic N) is 1. The molecule has 0 saturated carbocycles. The Morgan fingerprint density at radius 1 is 1.67 bits per heavy atom. The molecule has 3 nitrogen and oxygen atoms in total. The van der Waals surface area contributed by atoms with Gasteiger partial charge >= 0.3 is 5.97 Å². The maximum atomic E-state index is 11.5. The molecule has 0 aliphatic carbocycles. The molecule has 2 rings (SSSR count). The van der Waals surface area contributed by atoms with Gasteiger partial charge in [0.25, 0.3) is 0 Å². The van der Waals surface area contributed by atoms with Gasteiger partial charge in [0.1, 0.15) is 4.88 Å². The lowest BCUT2D eigenvalue weighted by Gasteiger charge is -1.97. The first kappa shape index (κ1) is 10.6. The molecular formula is C10H8BrNO2S. The Hall–Kier alpha value is -0.940. The minimum absolute atomic E-state index is 0.299. The molecule has 0 amide bonds. The van der Waals surface area contributed by atoms with Crippen LogP contribution in [0.4, 0.5) is 0 Å². The first-order valence-electron chi connectivity index (χ1n) is 4.28. The third-order valence-corrected chi connectivity index (χ3v) is 3.77. The lowest BCUT2D eigenvalue weighted by molar-refractivity contribution is 0.0605. The van der Waals surface area contributed by atoms with Crippen molar-refractivity contribution < 1.29 is 9.53 Å². The van der Waals surface area contributed by atoms with Gasteiger partial charge < -0.3 is 4.74 Å². The molecule has 15 heavy (non-hydrogen) atoms. The van der Waals surface area contributed by atoms with E-state index in [1.807, 2.05) is 12.1 Å². The topological polar surface area (TPSA) is 39.2 Å². The largest absolute Gasteiger partial charge is 0.465 e. The Bertz CT molecular complexity index is 509. The van der Waals surface area contributed by atoms with Crippen molar-refractivity contribution in [2.75, 3.05) is 7.11 Å². The number of carbonyl (C=O) groups excluding carboxylic acids is 1. The van der Waals surface area contributed by atoms with Crippen LogP contribution in [0.2, 0.25) is 0 Å². The van der Waals surface area contributed by atoms with Crippen molar-refractivity contribution in [2.24, 2.45) is 0 Å². The van der Waals surface area contributed by atoms with E-state index in [9.17, 15) is 4.79 Å². The summed E-state index contributed by atoms with van der Waals surface area (Å²) in [5, 5.41) is 0.606. The summed E-state index contributed by atoms with van der Waals surface area (Å²) in [6, 6.07) is 3.81. The number of rotatable bonds is 2. The number of thiophene rings is 1. The predicted octanol–water partition coefficient (Wildman–Crippen LogP) is 2.98. The number of ether oxygens (including phenoxy) is 1. The normalized spacial score (nSPS) is 10.5. The van der Waals surface area contributed by atoms with Crippen molar-refractivity contribution in [2.45, 2.75) is 5.33 Å². The van der Waals surface area contributed by atoms with Crippen LogP contribution in [-0.2, 0) is 10.1 Å². The van der Waals surface area contributed by atoms with Gasteiger partial charge in [-0.15, -0.1) is 11.3 Å². The van der Waals surface area contributed by atoms with Gasteiger partial charge in [-0.05, 0) is 12.1 Å². The maximum Gasteiger partial charge on any atom is 0.348 e. The molecule has 0 fully saturated rings. The molecule has 0 spiro atoms. The highest BCUT2D eigenvalue weighted by Gasteiger charge is 2.18. The highest BCUT2D eigenvalue weighted by molar-refractivity contribution is 9.08. The summed E-state index contributed by atoms with van der Waals surface area (Å²) in [7, 11) is 1.39. The molecule has 0 atom stereocenters. The van der Waals surface area contributed by atoms with Crippen LogP contribution in [0.3, 0.4) is 0 Å². The summed E-state index contributed by atoms with van der Waals surface area (Å²) in [5.74, 6) is -0.299. The molecule has 0 aromatic carbocycles. The van der Waals surface area contributed by atoms with Crippen molar-refractivity contribution in [1.82, 2.24) is 4.98 Å². The number of hydrogen-bond donors (Lipinski definition) is 0. The number of hydrogen-bond acceptors (Lipinski definition) is 4. The summed E-state index contributed by atoms with van der Waals surface area (Å²) < 4.78 is 5.74. The first-order valence-corrected chi connectivity index (χ1v) is 6.22. The Morgan fingerprint density at radius 3 is 3.13 bits per heavy atom. The van der Waals surface area contributed by atoms with Crippen molar-refractivity contribution in [3.63, 3.8) is 0 Å². The summed E-state index contributed by atoms with van der Waals surface area (Å²) in [4.78, 5) is 16.4. The monoisotopic (exact) mass is 285 g/mol. The lowest BCUT2D eigenvalue weighted by atomic mass is 10.2. The Labute approximate surface area is 99.2 Å². The van der Waals surface area contributed by atoms with Gasteiger partial charge in [0, 0.05) is 17.1 Å². The van der Waals surface area contributed by atoms with E-state index in [0.717, 1.165) is 15.8 Å². The average molecular weight is 286 g/mol. The number of esters is 1. The van der Waals surface area contributed by atoms with E-state index in [1.54, 1.807) is 6.20 Å². The second-order valence-corrected chi connectivity index (χ2v) is 4.50. The molecule has 0 N–H and O–H groups in total. The van der Waals surface area contributed by atoms with E-state index in [4.69, 9.17) is 4.74 Å². The van der Waals surface area contributed by atoms with Gasteiger partial charge in [-0.1, -0.05) is 15.9 Å². The quantitative estimate of drug-likeness (QED) is 0.629. The summed E-state index contributed by atoms with van der Waals surface area (Å²) in [5.41, 5.74) is 1.78. The van der Waals surface area contributed by atoms with Gasteiger partial charge in [0.15, 0.2) is 0 Å². The SMILES string of the molecule is COC(=O)c1sc2cccnc2c1CBr. The van der Waals surface area contributed by atoms with Crippen LogP contribution in [0.1, 0.15) is 15.2 Å². The van der Waals surface area contributed by atoms with Gasteiger partial charge in [-0.25, -0.2) is 4.79 Å². The fourth-order valence-electron chi connectivity index (χ4n) is 1.36. The third-order valence-electron chi connectivity index (χ3n) is 2.05. The number of carbonyl (C=O) groups is 1. The number of halogens is 1. The fourth-order valence-corrected chi connectivity index (χ4v) is 3.19. The van der Waals surface area contributed by atoms with Crippen molar-refractivity contribution in [3.8, 4) is 0 Å². The minimum atomic E-state index is -0.299. The smallest absolute Gasteiger partial charge is 0.348 e. The van der Waals surface area contributed by atoms with Crippen LogP contribution in [0.25, 0.3) is 10.2 Å². The fraction of sp³-hybridized carbons (Fsp3) is 0.200. The predicted molar refractivity (Wildman–Crippen MR) is 63.6 cm³/mol. The van der Waals surface area contributed by atoms with Crippen molar-refractivity contribution >= 4 is 43.5 Å². The summed E-state index contributed by atoms with van der Waals surface area (Å²) in [6.45, 7) is 0. The molecule has 0 aliphatic rings. The average Bonchev–Trinajstić information content (AvgIpc) is 2.66. The van der Waals surface area contributed by atoms with Crippen LogP contribution < -0.4 is 0 Å². The van der Waals surface area contributed by atoms with Crippen LogP contribution in [0.15, 0.2) is 18.3 Å². The van der Waals surface area contributed by atoms with Gasteiger partial charge in [0.2, 0.25) is 0 Å². The van der Waals surface area contributed by atoms with Crippen molar-refractivity contribution in [3.05, 3.63) is 28.8 Å². The van der Waals surface area contributed by atoms with E-state index >= 15 is 0 Å². The molecule has 2 aromatic rings. The zero-order valence-corrected chi connectivity index (χ0v) is 10.4. The summed E-state index contributed by atoms with van der Waals surface area (Å²) in [6.07, 6.45) is 1.72. The molecule has 5 heteroatoms. The van der Waals surface area contributed by atoms with Crippen LogP contribution in [0, 0.1) is 0 Å². The number of fused-ring (bicyclic) bond motifs is 1. The lowest BCUT2D eigenvalue weighted by Crippen LogP contribution is -2.00. The maximum absolute atomic E-state index is 11.5. The molecule has 0 radical (unpaired) electrons. The third kappa shape index (κ3) is 1.77. The molecular weight excluding hydrogens is 278 g/mol. The van der Waals surface area contributed by atoms with E-state index < -0.39 is 0 Å². The zero-order chi connectivity index (χ0) is 10.8. The van der Waals surface area contributed by atoms with Gasteiger partial charge in [-0.3, -0.25) is 4.98 Å². The number of alkyl halides is 1. The van der Waals surface area contributed by atoms with E-state index in [2.05, 4.69) is 20.9 Å². The van der Waals surface area contributed by atoms with Crippen LogP contribution in [0.5, 0.6) is 0 Å². The molecule has 0 unspecified atom stereocenters. The van der Waals surface area contributed by atoms with Crippen LogP contribution in [-0.4, -0.2) is 18.1 Å². The minimum Gasteiger partial charge on any atom is -0.465 e. The van der Waals surface area contributed by atoms with Gasteiger partial charge in [0.05, 0.1) is 17.3 Å². The second kappa shape index (κ2) is 4.28. The number of aromatic nitrogens is 1. The highest BCUT2D eigenvalue weighted by atomic mass is 79.9. The van der Waals surface area contributed by atoms with E-state index in [0.29, 0.717) is 10.2 Å². The Kier molecular flexibility index (Phi) is 3.02. The molecule has 78 valence electrons. The molecule has 2 aromatic heterocycles. The van der Waals surface area contributed by atoms with E-state index in [1.165, 1.54) is 18.4 Å². The second-order valence-electron chi connectivity index (χ2n) is 2.89. The summed E-state index contributed by atoms with van der Waals surface area (Å²) >= 11 is 4.78. The Morgan fingerprint density at radius 2 is 2.47 bits per heavy atom.